The first-order valence-electron chi connectivity index (χ1n) is 8.97. The lowest BCUT2D eigenvalue weighted by molar-refractivity contribution is -0.0278. The third-order valence-corrected chi connectivity index (χ3v) is 5.01. The molecule has 0 bridgehead atoms. The Morgan fingerprint density at radius 2 is 2.12 bits per heavy atom. The van der Waals surface area contributed by atoms with Gasteiger partial charge in [0, 0.05) is 12.5 Å². The van der Waals surface area contributed by atoms with Gasteiger partial charge >= 0.3 is 0 Å². The molecule has 2 aromatic rings. The zero-order valence-corrected chi connectivity index (χ0v) is 15.2. The third-order valence-electron chi connectivity index (χ3n) is 5.01. The second-order valence-electron chi connectivity index (χ2n) is 6.86. The lowest BCUT2D eigenvalue weighted by Gasteiger charge is -2.36. The number of aryl methyl sites for hydroxylation is 1. The predicted octanol–water partition coefficient (Wildman–Crippen LogP) is 2.90. The van der Waals surface area contributed by atoms with Crippen LogP contribution in [0.1, 0.15) is 50.4 Å². The van der Waals surface area contributed by atoms with E-state index in [1.165, 1.54) is 0 Å². The van der Waals surface area contributed by atoms with Crippen LogP contribution in [0, 0.1) is 0 Å². The topological polar surface area (TPSA) is 71.6 Å². The Kier molecular flexibility index (Phi) is 5.39. The number of hydrogen-bond acceptors (Lipinski definition) is 6. The second-order valence-corrected chi connectivity index (χ2v) is 6.86. The molecule has 0 saturated carbocycles. The monoisotopic (exact) mass is 345 g/mol. The SMILES string of the molecule is CCCc1noc(CN2CCC[C@H]2[C@](C)(O)c2ccc(OC)cc2)n1. The van der Waals surface area contributed by atoms with Crippen molar-refractivity contribution < 1.29 is 14.4 Å². The molecule has 136 valence electrons. The van der Waals surface area contributed by atoms with Gasteiger partial charge < -0.3 is 14.4 Å². The van der Waals surface area contributed by atoms with Crippen LogP contribution in [0.4, 0.5) is 0 Å². The maximum absolute atomic E-state index is 11.2. The van der Waals surface area contributed by atoms with Gasteiger partial charge in [-0.1, -0.05) is 24.2 Å². The molecule has 6 nitrogen and oxygen atoms in total. The summed E-state index contributed by atoms with van der Waals surface area (Å²) in [4.78, 5) is 6.70. The van der Waals surface area contributed by atoms with Crippen LogP contribution in [0.3, 0.4) is 0 Å². The molecule has 2 heterocycles. The van der Waals surface area contributed by atoms with Gasteiger partial charge in [-0.05, 0) is 50.4 Å². The molecule has 2 atom stereocenters. The molecule has 0 aliphatic carbocycles. The van der Waals surface area contributed by atoms with Crippen LogP contribution in [-0.2, 0) is 18.6 Å². The summed E-state index contributed by atoms with van der Waals surface area (Å²) in [6.07, 6.45) is 3.82. The van der Waals surface area contributed by atoms with E-state index in [1.807, 2.05) is 31.2 Å². The normalized spacial score (nSPS) is 20.6. The lowest BCUT2D eigenvalue weighted by atomic mass is 9.86. The highest BCUT2D eigenvalue weighted by Gasteiger charge is 2.41. The van der Waals surface area contributed by atoms with E-state index < -0.39 is 5.60 Å². The largest absolute Gasteiger partial charge is 0.497 e. The molecule has 0 radical (unpaired) electrons. The lowest BCUT2D eigenvalue weighted by Crippen LogP contribution is -2.45. The highest BCUT2D eigenvalue weighted by Crippen LogP contribution is 2.36. The molecule has 0 unspecified atom stereocenters. The predicted molar refractivity (Wildman–Crippen MR) is 94.3 cm³/mol. The van der Waals surface area contributed by atoms with E-state index in [-0.39, 0.29) is 6.04 Å². The Bertz CT molecular complexity index is 681. The van der Waals surface area contributed by atoms with Crippen LogP contribution in [-0.4, -0.2) is 39.8 Å². The number of likely N-dealkylation sites (tertiary alicyclic amines) is 1. The van der Waals surface area contributed by atoms with E-state index in [0.29, 0.717) is 12.4 Å². The fraction of sp³-hybridized carbons (Fsp3) is 0.579. The number of ether oxygens (including phenoxy) is 1. The van der Waals surface area contributed by atoms with Gasteiger partial charge in [0.1, 0.15) is 11.4 Å². The summed E-state index contributed by atoms with van der Waals surface area (Å²) in [5, 5.41) is 15.3. The van der Waals surface area contributed by atoms with Crippen LogP contribution in [0.2, 0.25) is 0 Å². The number of methoxy groups -OCH3 is 1. The van der Waals surface area contributed by atoms with Gasteiger partial charge in [0.25, 0.3) is 0 Å². The third kappa shape index (κ3) is 3.85. The van der Waals surface area contributed by atoms with Crippen molar-refractivity contribution in [3.05, 3.63) is 41.5 Å². The molecule has 0 amide bonds. The molecule has 1 N–H and O–H groups in total. The smallest absolute Gasteiger partial charge is 0.240 e. The van der Waals surface area contributed by atoms with Crippen molar-refractivity contribution in [3.8, 4) is 5.75 Å². The van der Waals surface area contributed by atoms with Crippen molar-refractivity contribution in [1.82, 2.24) is 15.0 Å². The average molecular weight is 345 g/mol. The summed E-state index contributed by atoms with van der Waals surface area (Å²) in [7, 11) is 1.64. The zero-order chi connectivity index (χ0) is 17.9. The summed E-state index contributed by atoms with van der Waals surface area (Å²) >= 11 is 0. The minimum Gasteiger partial charge on any atom is -0.497 e. The minimum atomic E-state index is -0.949. The Labute approximate surface area is 148 Å². The minimum absolute atomic E-state index is 0.0161. The first-order valence-corrected chi connectivity index (χ1v) is 8.97. The van der Waals surface area contributed by atoms with Crippen molar-refractivity contribution >= 4 is 0 Å². The van der Waals surface area contributed by atoms with Gasteiger partial charge in [0.15, 0.2) is 5.82 Å². The summed E-state index contributed by atoms with van der Waals surface area (Å²) in [5.41, 5.74) is -0.0583. The number of aromatic nitrogens is 2. The number of rotatable bonds is 7. The first kappa shape index (κ1) is 17.9. The van der Waals surface area contributed by atoms with Gasteiger partial charge in [-0.3, -0.25) is 4.90 Å². The fourth-order valence-electron chi connectivity index (χ4n) is 3.63. The first-order chi connectivity index (χ1) is 12.0. The Hall–Kier alpha value is -1.92. The van der Waals surface area contributed by atoms with Crippen molar-refractivity contribution in [3.63, 3.8) is 0 Å². The van der Waals surface area contributed by atoms with Crippen LogP contribution in [0.5, 0.6) is 5.75 Å². The number of benzene rings is 1. The Balaban J connectivity index is 1.74. The maximum Gasteiger partial charge on any atom is 0.240 e. The number of hydrogen-bond donors (Lipinski definition) is 1. The summed E-state index contributed by atoms with van der Waals surface area (Å²) in [5.74, 6) is 2.17. The van der Waals surface area contributed by atoms with E-state index in [1.54, 1.807) is 7.11 Å². The Morgan fingerprint density at radius 1 is 1.36 bits per heavy atom. The fourth-order valence-corrected chi connectivity index (χ4v) is 3.63. The highest BCUT2D eigenvalue weighted by molar-refractivity contribution is 5.31. The molecule has 0 spiro atoms. The molecule has 1 aromatic carbocycles. The van der Waals surface area contributed by atoms with Gasteiger partial charge in [-0.15, -0.1) is 0 Å². The van der Waals surface area contributed by atoms with E-state index in [4.69, 9.17) is 9.26 Å². The molecule has 1 aliphatic rings. The molecular weight excluding hydrogens is 318 g/mol. The molecule has 6 heteroatoms. The van der Waals surface area contributed by atoms with Crippen molar-refractivity contribution in [2.45, 2.75) is 57.7 Å². The number of aliphatic hydroxyl groups is 1. The van der Waals surface area contributed by atoms with Crippen molar-refractivity contribution in [2.75, 3.05) is 13.7 Å². The van der Waals surface area contributed by atoms with Gasteiger partial charge in [-0.25, -0.2) is 0 Å². The van der Waals surface area contributed by atoms with Gasteiger partial charge in [0.05, 0.1) is 13.7 Å². The summed E-state index contributed by atoms with van der Waals surface area (Å²) in [6.45, 7) is 5.48. The van der Waals surface area contributed by atoms with Crippen LogP contribution < -0.4 is 4.74 Å². The molecule has 1 aliphatic heterocycles. The van der Waals surface area contributed by atoms with E-state index >= 15 is 0 Å². The van der Waals surface area contributed by atoms with Crippen LogP contribution in [0.25, 0.3) is 0 Å². The average Bonchev–Trinajstić information content (AvgIpc) is 3.25. The van der Waals surface area contributed by atoms with E-state index in [0.717, 1.165) is 49.4 Å². The van der Waals surface area contributed by atoms with Gasteiger partial charge in [-0.2, -0.15) is 4.98 Å². The van der Waals surface area contributed by atoms with Crippen molar-refractivity contribution in [1.29, 1.82) is 0 Å². The quantitative estimate of drug-likeness (QED) is 0.832. The molecule has 1 fully saturated rings. The van der Waals surface area contributed by atoms with E-state index in [9.17, 15) is 5.11 Å². The molecule has 25 heavy (non-hydrogen) atoms. The highest BCUT2D eigenvalue weighted by atomic mass is 16.5. The Morgan fingerprint density at radius 3 is 2.80 bits per heavy atom. The maximum atomic E-state index is 11.2. The number of nitrogens with zero attached hydrogens (tertiary/aromatic N) is 3. The molecule has 1 aromatic heterocycles. The zero-order valence-electron chi connectivity index (χ0n) is 15.2. The second kappa shape index (κ2) is 7.54. The summed E-state index contributed by atoms with van der Waals surface area (Å²) < 4.78 is 10.6. The van der Waals surface area contributed by atoms with Gasteiger partial charge in [0.2, 0.25) is 5.89 Å². The van der Waals surface area contributed by atoms with Crippen molar-refractivity contribution in [2.24, 2.45) is 0 Å². The molecule has 1 saturated heterocycles. The molecule has 3 rings (SSSR count). The standard InChI is InChI=1S/C19H27N3O3/c1-4-6-17-20-18(25-21-17)13-22-12-5-7-16(22)19(2,23)14-8-10-15(24-3)11-9-14/h8-11,16,23H,4-7,12-13H2,1-3H3/t16-,19+/m0/s1. The van der Waals surface area contributed by atoms with E-state index in [2.05, 4.69) is 22.0 Å². The molecular formula is C19H27N3O3. The summed E-state index contributed by atoms with van der Waals surface area (Å²) in [6, 6.07) is 7.65. The van der Waals surface area contributed by atoms with Crippen LogP contribution in [0.15, 0.2) is 28.8 Å². The van der Waals surface area contributed by atoms with Crippen LogP contribution >= 0.6 is 0 Å².